The smallest absolute Gasteiger partial charge is 0.308 e. The van der Waals surface area contributed by atoms with Crippen molar-refractivity contribution in [2.24, 2.45) is 17.3 Å². The number of halogens is 1. The Kier molecular flexibility index (Phi) is 3.28. The van der Waals surface area contributed by atoms with E-state index < -0.39 is 5.97 Å². The molecule has 20 heavy (non-hydrogen) atoms. The van der Waals surface area contributed by atoms with Gasteiger partial charge in [-0.25, -0.2) is 4.39 Å². The van der Waals surface area contributed by atoms with Crippen LogP contribution in [0.4, 0.5) is 4.39 Å². The average Bonchev–Trinajstić information content (AvgIpc) is 2.91. The maximum atomic E-state index is 12.9. The summed E-state index contributed by atoms with van der Waals surface area (Å²) in [6.45, 7) is 2.70. The fraction of sp³-hybridized carbons (Fsp3) is 0.562. The van der Waals surface area contributed by atoms with Crippen molar-refractivity contribution in [3.8, 4) is 0 Å². The van der Waals surface area contributed by atoms with Crippen molar-refractivity contribution in [3.63, 3.8) is 0 Å². The van der Waals surface area contributed by atoms with E-state index in [2.05, 4.69) is 12.2 Å². The Balaban J connectivity index is 1.70. The second kappa shape index (κ2) is 4.85. The van der Waals surface area contributed by atoms with E-state index in [1.807, 2.05) is 0 Å². The van der Waals surface area contributed by atoms with Crippen molar-refractivity contribution in [1.29, 1.82) is 0 Å². The third-order valence-corrected chi connectivity index (χ3v) is 5.15. The second-order valence-corrected chi connectivity index (χ2v) is 6.51. The highest BCUT2D eigenvalue weighted by atomic mass is 19.1. The van der Waals surface area contributed by atoms with E-state index >= 15 is 0 Å². The summed E-state index contributed by atoms with van der Waals surface area (Å²) in [5, 5.41) is 12.9. The van der Waals surface area contributed by atoms with Crippen molar-refractivity contribution in [2.75, 3.05) is 0 Å². The Morgan fingerprint density at radius 1 is 1.45 bits per heavy atom. The monoisotopic (exact) mass is 277 g/mol. The molecule has 0 aromatic heterocycles. The molecule has 2 saturated carbocycles. The second-order valence-electron chi connectivity index (χ2n) is 6.51. The topological polar surface area (TPSA) is 49.3 Å². The van der Waals surface area contributed by atoms with Gasteiger partial charge in [-0.15, -0.1) is 0 Å². The number of carboxylic acid groups (broad SMARTS) is 1. The first-order chi connectivity index (χ1) is 9.49. The van der Waals surface area contributed by atoms with E-state index in [-0.39, 0.29) is 23.2 Å². The van der Waals surface area contributed by atoms with Gasteiger partial charge in [0.05, 0.1) is 5.92 Å². The Bertz CT molecular complexity index is 516. The SMILES string of the molecule is C[C@]12CC[C@H](C1)[C@H](NCc1ccc(F)cc1)[C@@H]2C(=O)O. The molecule has 4 atom stereocenters. The molecule has 0 aliphatic heterocycles. The van der Waals surface area contributed by atoms with Gasteiger partial charge in [0.15, 0.2) is 0 Å². The van der Waals surface area contributed by atoms with Gasteiger partial charge >= 0.3 is 5.97 Å². The summed E-state index contributed by atoms with van der Waals surface area (Å²) in [5.41, 5.74) is 0.931. The first kappa shape index (κ1) is 13.6. The molecule has 1 aromatic carbocycles. The fourth-order valence-electron chi connectivity index (χ4n) is 4.19. The maximum Gasteiger partial charge on any atom is 0.308 e. The summed E-state index contributed by atoms with van der Waals surface area (Å²) in [7, 11) is 0. The molecule has 0 heterocycles. The predicted octanol–water partition coefficient (Wildman–Crippen LogP) is 2.80. The Morgan fingerprint density at radius 2 is 2.15 bits per heavy atom. The van der Waals surface area contributed by atoms with Gasteiger partial charge in [0.2, 0.25) is 0 Å². The zero-order valence-electron chi connectivity index (χ0n) is 11.6. The zero-order valence-corrected chi connectivity index (χ0v) is 11.6. The van der Waals surface area contributed by atoms with Crippen LogP contribution in [0.3, 0.4) is 0 Å². The van der Waals surface area contributed by atoms with Crippen molar-refractivity contribution < 1.29 is 14.3 Å². The summed E-state index contributed by atoms with van der Waals surface area (Å²) in [4.78, 5) is 11.6. The van der Waals surface area contributed by atoms with Gasteiger partial charge in [-0.05, 0) is 48.3 Å². The number of aliphatic carboxylic acids is 1. The third-order valence-electron chi connectivity index (χ3n) is 5.15. The molecule has 0 amide bonds. The van der Waals surface area contributed by atoms with E-state index in [4.69, 9.17) is 0 Å². The minimum Gasteiger partial charge on any atom is -0.481 e. The standard InChI is InChI=1S/C16H20FNO2/c1-16-7-6-11(8-16)14(13(16)15(19)20)18-9-10-2-4-12(17)5-3-10/h2-5,11,13-14,18H,6-9H2,1H3,(H,19,20)/t11-,13-,14+,16+/m1/s1. The number of hydrogen-bond acceptors (Lipinski definition) is 2. The molecule has 0 saturated heterocycles. The number of carboxylic acids is 1. The summed E-state index contributed by atoms with van der Waals surface area (Å²) in [5.74, 6) is -0.779. The van der Waals surface area contributed by atoms with Gasteiger partial charge in [-0.1, -0.05) is 19.1 Å². The van der Waals surface area contributed by atoms with Gasteiger partial charge in [0, 0.05) is 12.6 Å². The number of nitrogens with one attached hydrogen (secondary N) is 1. The lowest BCUT2D eigenvalue weighted by Crippen LogP contribution is -2.46. The molecule has 3 nitrogen and oxygen atoms in total. The fourth-order valence-corrected chi connectivity index (χ4v) is 4.19. The third kappa shape index (κ3) is 2.22. The van der Waals surface area contributed by atoms with Crippen LogP contribution in [0, 0.1) is 23.1 Å². The molecule has 4 heteroatoms. The molecule has 0 spiro atoms. The van der Waals surface area contributed by atoms with E-state index in [0.717, 1.165) is 24.8 Å². The Labute approximate surface area is 118 Å². The van der Waals surface area contributed by atoms with Gasteiger partial charge in [0.25, 0.3) is 0 Å². The molecule has 1 aromatic rings. The first-order valence-corrected chi connectivity index (χ1v) is 7.20. The number of rotatable bonds is 4. The Hall–Kier alpha value is -1.42. The lowest BCUT2D eigenvalue weighted by atomic mass is 9.74. The summed E-state index contributed by atoms with van der Waals surface area (Å²) < 4.78 is 12.9. The number of hydrogen-bond donors (Lipinski definition) is 2. The van der Waals surface area contributed by atoms with Gasteiger partial charge < -0.3 is 10.4 Å². The van der Waals surface area contributed by atoms with E-state index in [1.165, 1.54) is 12.1 Å². The minimum absolute atomic E-state index is 0.0382. The molecule has 2 N–H and O–H groups in total. The van der Waals surface area contributed by atoms with Crippen LogP contribution >= 0.6 is 0 Å². The highest BCUT2D eigenvalue weighted by Gasteiger charge is 2.57. The Morgan fingerprint density at radius 3 is 2.80 bits per heavy atom. The van der Waals surface area contributed by atoms with Crippen molar-refractivity contribution in [3.05, 3.63) is 35.6 Å². The van der Waals surface area contributed by atoms with Crippen LogP contribution in [0.1, 0.15) is 31.7 Å². The molecular formula is C16H20FNO2. The molecule has 0 unspecified atom stereocenters. The summed E-state index contributed by atoms with van der Waals surface area (Å²) in [6.07, 6.45) is 3.13. The van der Waals surface area contributed by atoms with E-state index in [0.29, 0.717) is 12.5 Å². The van der Waals surface area contributed by atoms with Crippen LogP contribution in [-0.4, -0.2) is 17.1 Å². The van der Waals surface area contributed by atoms with Crippen LogP contribution in [-0.2, 0) is 11.3 Å². The van der Waals surface area contributed by atoms with Crippen LogP contribution < -0.4 is 5.32 Å². The van der Waals surface area contributed by atoms with Crippen molar-refractivity contribution >= 4 is 5.97 Å². The highest BCUT2D eigenvalue weighted by molar-refractivity contribution is 5.73. The zero-order chi connectivity index (χ0) is 14.3. The van der Waals surface area contributed by atoms with Crippen LogP contribution in [0.15, 0.2) is 24.3 Å². The van der Waals surface area contributed by atoms with Crippen LogP contribution in [0.25, 0.3) is 0 Å². The molecule has 2 bridgehead atoms. The van der Waals surface area contributed by atoms with E-state index in [1.54, 1.807) is 12.1 Å². The lowest BCUT2D eigenvalue weighted by molar-refractivity contribution is -0.146. The van der Waals surface area contributed by atoms with Crippen LogP contribution in [0.2, 0.25) is 0 Å². The molecule has 3 rings (SSSR count). The largest absolute Gasteiger partial charge is 0.481 e. The number of carbonyl (C=O) groups is 1. The minimum atomic E-state index is -0.689. The molecular weight excluding hydrogens is 257 g/mol. The number of fused-ring (bicyclic) bond motifs is 2. The molecule has 2 aliphatic carbocycles. The molecule has 108 valence electrons. The van der Waals surface area contributed by atoms with Crippen LogP contribution in [0.5, 0.6) is 0 Å². The van der Waals surface area contributed by atoms with Gasteiger partial charge in [0.1, 0.15) is 5.82 Å². The van der Waals surface area contributed by atoms with Gasteiger partial charge in [-0.2, -0.15) is 0 Å². The molecule has 2 aliphatic rings. The number of benzene rings is 1. The highest BCUT2D eigenvalue weighted by Crippen LogP contribution is 2.57. The first-order valence-electron chi connectivity index (χ1n) is 7.20. The quantitative estimate of drug-likeness (QED) is 0.889. The lowest BCUT2D eigenvalue weighted by Gasteiger charge is -2.34. The van der Waals surface area contributed by atoms with E-state index in [9.17, 15) is 14.3 Å². The van der Waals surface area contributed by atoms with Crippen molar-refractivity contribution in [2.45, 2.75) is 38.8 Å². The molecule has 0 radical (unpaired) electrons. The summed E-state index contributed by atoms with van der Waals surface area (Å²) in [6, 6.07) is 6.40. The predicted molar refractivity (Wildman–Crippen MR) is 73.6 cm³/mol. The molecule has 2 fully saturated rings. The van der Waals surface area contributed by atoms with Gasteiger partial charge in [-0.3, -0.25) is 4.79 Å². The van der Waals surface area contributed by atoms with Crippen molar-refractivity contribution in [1.82, 2.24) is 5.32 Å². The average molecular weight is 277 g/mol. The summed E-state index contributed by atoms with van der Waals surface area (Å²) >= 11 is 0. The maximum absolute atomic E-state index is 12.9. The normalized spacial score (nSPS) is 35.4.